The van der Waals surface area contributed by atoms with E-state index in [1.165, 1.54) is 16.6 Å². The Morgan fingerprint density at radius 2 is 1.90 bits per heavy atom. The minimum Gasteiger partial charge on any atom is -0.479 e. The molecule has 4 aromatic rings. The third-order valence-electron chi connectivity index (χ3n) is 9.18. The largest absolute Gasteiger partial charge is 0.479 e. The maximum Gasteiger partial charge on any atom is 0.334 e. The third-order valence-corrected chi connectivity index (χ3v) is 9.87. The summed E-state index contributed by atoms with van der Waals surface area (Å²) in [7, 11) is 0. The summed E-state index contributed by atoms with van der Waals surface area (Å²) < 4.78 is 17.0. The molecule has 214 valence electrons. The molecule has 1 spiro atoms. The number of piperidine rings is 1. The minimum absolute atomic E-state index is 0.108. The van der Waals surface area contributed by atoms with Crippen LogP contribution in [0, 0.1) is 5.41 Å². The molecule has 2 aliphatic heterocycles. The van der Waals surface area contributed by atoms with Gasteiger partial charge in [-0.1, -0.05) is 47.5 Å². The zero-order valence-corrected chi connectivity index (χ0v) is 23.8. The van der Waals surface area contributed by atoms with Crippen LogP contribution in [0.2, 0.25) is 10.0 Å². The number of aliphatic hydroxyl groups excluding tert-OH is 1. The number of aliphatic carboxylic acids is 1. The van der Waals surface area contributed by atoms with Crippen LogP contribution >= 0.6 is 23.2 Å². The number of rotatable bonds is 6. The number of fused-ring (bicyclic) bond motifs is 2. The number of nitrogens with zero attached hydrogens (tertiary/aromatic N) is 5. The number of carbonyl (C=O) groups is 1. The molecule has 7 rings (SSSR count). The predicted octanol–water partition coefficient (Wildman–Crippen LogP) is 5.51. The Morgan fingerprint density at radius 3 is 2.59 bits per heavy atom. The molecule has 2 fully saturated rings. The van der Waals surface area contributed by atoms with Gasteiger partial charge in [0, 0.05) is 35.8 Å². The smallest absolute Gasteiger partial charge is 0.334 e. The fourth-order valence-corrected chi connectivity index (χ4v) is 7.47. The second-order valence-electron chi connectivity index (χ2n) is 11.9. The molecule has 2 N–H and O–H groups in total. The molecule has 3 aliphatic rings. The van der Waals surface area contributed by atoms with Gasteiger partial charge in [0.25, 0.3) is 0 Å². The summed E-state index contributed by atoms with van der Waals surface area (Å²) >= 11 is 13.5. The quantitative estimate of drug-likeness (QED) is 0.304. The van der Waals surface area contributed by atoms with Gasteiger partial charge >= 0.3 is 5.97 Å². The van der Waals surface area contributed by atoms with Gasteiger partial charge in [-0.25, -0.2) is 14.2 Å². The highest BCUT2D eigenvalue weighted by Gasteiger charge is 2.45. The predicted molar refractivity (Wildman–Crippen MR) is 154 cm³/mol. The highest BCUT2D eigenvalue weighted by Crippen LogP contribution is 2.49. The maximum atomic E-state index is 14.0. The summed E-state index contributed by atoms with van der Waals surface area (Å²) in [5.74, 6) is -1.15. The van der Waals surface area contributed by atoms with E-state index in [-0.39, 0.29) is 24.8 Å². The van der Waals surface area contributed by atoms with E-state index in [2.05, 4.69) is 27.1 Å². The van der Waals surface area contributed by atoms with Crippen LogP contribution in [0.3, 0.4) is 0 Å². The van der Waals surface area contributed by atoms with Crippen LogP contribution in [0.25, 0.3) is 22.0 Å². The SMILES string of the molecule is O=C(O)C(c1ncn2c1CC(F)C2)n1cc2c(Cl)cc(-c3ccc(CN4CCC5(CC4)CC(O)C5)cc3)c(Cl)c2n1. The van der Waals surface area contributed by atoms with Crippen molar-refractivity contribution in [3.05, 3.63) is 69.9 Å². The molecule has 4 heterocycles. The van der Waals surface area contributed by atoms with Crippen molar-refractivity contribution in [2.75, 3.05) is 13.1 Å². The number of benzene rings is 2. The molecule has 1 aliphatic carbocycles. The summed E-state index contributed by atoms with van der Waals surface area (Å²) in [6, 6.07) is 8.77. The summed E-state index contributed by atoms with van der Waals surface area (Å²) in [6.07, 6.45) is 6.17. The monoisotopic (exact) mass is 597 g/mol. The van der Waals surface area contributed by atoms with Crippen molar-refractivity contribution in [1.29, 1.82) is 0 Å². The number of aliphatic hydroxyl groups is 1. The number of carboxylic acid groups (broad SMARTS) is 1. The molecule has 1 saturated heterocycles. The second kappa shape index (κ2) is 10.1. The van der Waals surface area contributed by atoms with Gasteiger partial charge in [-0.2, -0.15) is 5.10 Å². The Balaban J connectivity index is 1.13. The zero-order chi connectivity index (χ0) is 28.5. The number of alkyl halides is 1. The first-order valence-electron chi connectivity index (χ1n) is 14.0. The Hall–Kier alpha value is -2.98. The van der Waals surface area contributed by atoms with Crippen molar-refractivity contribution in [3.8, 4) is 11.1 Å². The Kier molecular flexibility index (Phi) is 6.61. The fraction of sp³-hybridized carbons (Fsp3) is 0.433. The summed E-state index contributed by atoms with van der Waals surface area (Å²) in [5, 5.41) is 25.7. The fourth-order valence-electron chi connectivity index (χ4n) is 6.92. The lowest BCUT2D eigenvalue weighted by Crippen LogP contribution is -2.48. The molecule has 2 aromatic carbocycles. The number of imidazole rings is 1. The molecule has 1 saturated carbocycles. The van der Waals surface area contributed by atoms with Gasteiger partial charge in [0.2, 0.25) is 0 Å². The van der Waals surface area contributed by atoms with Crippen LogP contribution in [0.15, 0.2) is 42.9 Å². The first kappa shape index (κ1) is 26.9. The summed E-state index contributed by atoms with van der Waals surface area (Å²) in [4.78, 5) is 19.1. The standard InChI is InChI=1S/C30H30Cl2FN5O3/c31-23-10-21(18-3-1-17(2-4-18)13-36-7-5-30(6-8-36)11-20(39)12-30)25(32)26-22(23)15-38(35-26)28(29(40)41)27-24-9-19(33)14-37(24)16-34-27/h1-4,10,15-16,19-20,28,39H,5-9,11-14H2,(H,40,41). The molecule has 2 atom stereocenters. The highest BCUT2D eigenvalue weighted by molar-refractivity contribution is 6.42. The number of carboxylic acids is 1. The average Bonchev–Trinajstić information content (AvgIpc) is 3.63. The van der Waals surface area contributed by atoms with E-state index in [9.17, 15) is 19.4 Å². The molecular weight excluding hydrogens is 568 g/mol. The zero-order valence-electron chi connectivity index (χ0n) is 22.3. The van der Waals surface area contributed by atoms with E-state index in [1.807, 2.05) is 12.1 Å². The van der Waals surface area contributed by atoms with Gasteiger partial charge in [-0.15, -0.1) is 0 Å². The van der Waals surface area contributed by atoms with E-state index >= 15 is 0 Å². The van der Waals surface area contributed by atoms with Gasteiger partial charge in [0.1, 0.15) is 11.7 Å². The molecule has 2 unspecified atom stereocenters. The van der Waals surface area contributed by atoms with Gasteiger partial charge in [-0.05, 0) is 61.4 Å². The van der Waals surface area contributed by atoms with Crippen molar-refractivity contribution in [2.24, 2.45) is 5.41 Å². The van der Waals surface area contributed by atoms with Gasteiger partial charge in [0.15, 0.2) is 6.04 Å². The Morgan fingerprint density at radius 1 is 1.17 bits per heavy atom. The van der Waals surface area contributed by atoms with Gasteiger partial charge in [-0.3, -0.25) is 9.58 Å². The van der Waals surface area contributed by atoms with Gasteiger partial charge < -0.3 is 14.8 Å². The molecular formula is C30H30Cl2FN5O3. The van der Waals surface area contributed by atoms with E-state index in [0.29, 0.717) is 37.6 Å². The van der Waals surface area contributed by atoms with E-state index in [0.717, 1.165) is 50.9 Å². The molecule has 8 nitrogen and oxygen atoms in total. The maximum absolute atomic E-state index is 14.0. The van der Waals surface area contributed by atoms with Crippen LogP contribution in [-0.2, 0) is 24.3 Å². The van der Waals surface area contributed by atoms with Crippen molar-refractivity contribution < 1.29 is 19.4 Å². The lowest BCUT2D eigenvalue weighted by atomic mass is 9.61. The van der Waals surface area contributed by atoms with Crippen molar-refractivity contribution in [2.45, 2.75) is 63.5 Å². The lowest BCUT2D eigenvalue weighted by molar-refractivity contribution is -0.139. The van der Waals surface area contributed by atoms with Crippen LogP contribution < -0.4 is 0 Å². The van der Waals surface area contributed by atoms with Crippen LogP contribution in [-0.4, -0.2) is 65.8 Å². The van der Waals surface area contributed by atoms with Crippen LogP contribution in [0.5, 0.6) is 0 Å². The molecule has 41 heavy (non-hydrogen) atoms. The Bertz CT molecular complexity index is 1640. The van der Waals surface area contributed by atoms with Crippen LogP contribution in [0.4, 0.5) is 4.39 Å². The van der Waals surface area contributed by atoms with E-state index < -0.39 is 18.2 Å². The molecule has 11 heteroatoms. The molecule has 0 bridgehead atoms. The van der Waals surface area contributed by atoms with Crippen molar-refractivity contribution in [1.82, 2.24) is 24.2 Å². The summed E-state index contributed by atoms with van der Waals surface area (Å²) in [6.45, 7) is 3.12. The minimum atomic E-state index is -1.24. The topological polar surface area (TPSA) is 96.4 Å². The number of likely N-dealkylation sites (tertiary alicyclic amines) is 1. The lowest BCUT2D eigenvalue weighted by Gasteiger charge is -2.50. The normalized spacial score (nSPS) is 21.3. The number of aromatic nitrogens is 4. The van der Waals surface area contributed by atoms with Crippen molar-refractivity contribution >= 4 is 40.1 Å². The van der Waals surface area contributed by atoms with E-state index in [1.54, 1.807) is 16.8 Å². The highest BCUT2D eigenvalue weighted by atomic mass is 35.5. The van der Waals surface area contributed by atoms with E-state index in [4.69, 9.17) is 23.2 Å². The number of halogens is 3. The van der Waals surface area contributed by atoms with Crippen LogP contribution in [0.1, 0.15) is 48.7 Å². The van der Waals surface area contributed by atoms with Gasteiger partial charge in [0.05, 0.1) is 34.7 Å². The Labute approximate surface area is 246 Å². The third kappa shape index (κ3) is 4.73. The molecule has 0 radical (unpaired) electrons. The summed E-state index contributed by atoms with van der Waals surface area (Å²) in [5.41, 5.74) is 4.39. The second-order valence-corrected chi connectivity index (χ2v) is 12.7. The average molecular weight is 599 g/mol. The number of hydrogen-bond donors (Lipinski definition) is 2. The molecule has 2 aromatic heterocycles. The first-order chi connectivity index (χ1) is 19.7. The number of hydrogen-bond acceptors (Lipinski definition) is 5. The molecule has 0 amide bonds. The van der Waals surface area contributed by atoms with Crippen molar-refractivity contribution in [3.63, 3.8) is 0 Å². The first-order valence-corrected chi connectivity index (χ1v) is 14.7.